The third-order valence-corrected chi connectivity index (χ3v) is 3.39. The van der Waals surface area contributed by atoms with Crippen LogP contribution in [0.15, 0.2) is 10.2 Å². The Labute approximate surface area is 123 Å². The van der Waals surface area contributed by atoms with Gasteiger partial charge in [-0.15, -0.1) is 0 Å². The quantitative estimate of drug-likeness (QED) is 0.593. The summed E-state index contributed by atoms with van der Waals surface area (Å²) in [6.45, 7) is 12.1. The molecule has 4 heteroatoms. The Morgan fingerprint density at radius 2 is 1.10 bits per heavy atom. The van der Waals surface area contributed by atoms with Crippen LogP contribution in [-0.4, -0.2) is 11.1 Å². The van der Waals surface area contributed by atoms with Crippen molar-refractivity contribution in [2.75, 3.05) is 0 Å². The third-order valence-electron chi connectivity index (χ3n) is 3.39. The van der Waals surface area contributed by atoms with Crippen LogP contribution in [0.3, 0.4) is 0 Å². The monoisotopic (exact) mass is 276 g/mol. The van der Waals surface area contributed by atoms with E-state index in [1.807, 2.05) is 0 Å². The second-order valence-electron chi connectivity index (χ2n) is 6.84. The minimum Gasteiger partial charge on any atom is -0.196 e. The highest BCUT2D eigenvalue weighted by molar-refractivity contribution is 5.07. The van der Waals surface area contributed by atoms with Crippen LogP contribution in [0.25, 0.3) is 0 Å². The highest BCUT2D eigenvalue weighted by Crippen LogP contribution is 2.25. The van der Waals surface area contributed by atoms with Gasteiger partial charge in [-0.3, -0.25) is 0 Å². The molecule has 0 saturated heterocycles. The van der Waals surface area contributed by atoms with Crippen molar-refractivity contribution in [2.45, 2.75) is 78.3 Å². The van der Waals surface area contributed by atoms with Crippen LogP contribution in [0.2, 0.25) is 0 Å². The molecule has 0 heterocycles. The van der Waals surface area contributed by atoms with Crippen molar-refractivity contribution in [1.82, 2.24) is 0 Å². The van der Waals surface area contributed by atoms with Crippen molar-refractivity contribution in [1.29, 1.82) is 10.5 Å². The highest BCUT2D eigenvalue weighted by Gasteiger charge is 2.28. The smallest absolute Gasteiger partial charge is 0.164 e. The molecule has 0 radical (unpaired) electrons. The van der Waals surface area contributed by atoms with E-state index in [0.717, 1.165) is 12.8 Å². The summed E-state index contributed by atoms with van der Waals surface area (Å²) in [7, 11) is 0. The summed E-state index contributed by atoms with van der Waals surface area (Å²) < 4.78 is 0. The summed E-state index contributed by atoms with van der Waals surface area (Å²) in [5.41, 5.74) is -1.64. The first-order valence-corrected chi connectivity index (χ1v) is 7.43. The Kier molecular flexibility index (Phi) is 7.43. The summed E-state index contributed by atoms with van der Waals surface area (Å²) in [6, 6.07) is 4.45. The lowest BCUT2D eigenvalue weighted by atomic mass is 9.93. The van der Waals surface area contributed by atoms with Gasteiger partial charge in [-0.05, 0) is 51.4 Å². The zero-order chi connectivity index (χ0) is 15.8. The van der Waals surface area contributed by atoms with E-state index >= 15 is 0 Å². The van der Waals surface area contributed by atoms with Crippen LogP contribution in [0.1, 0.15) is 67.2 Å². The molecule has 112 valence electrons. The van der Waals surface area contributed by atoms with Gasteiger partial charge in [0.1, 0.15) is 0 Å². The Hall–Kier alpha value is -1.42. The zero-order valence-corrected chi connectivity index (χ0v) is 13.8. The molecule has 0 saturated carbocycles. The summed E-state index contributed by atoms with van der Waals surface area (Å²) in [5, 5.41) is 27.0. The van der Waals surface area contributed by atoms with E-state index < -0.39 is 11.1 Å². The van der Waals surface area contributed by atoms with Gasteiger partial charge in [-0.1, -0.05) is 27.7 Å². The van der Waals surface area contributed by atoms with Crippen molar-refractivity contribution < 1.29 is 0 Å². The van der Waals surface area contributed by atoms with Crippen molar-refractivity contribution in [3.8, 4) is 12.1 Å². The maximum Gasteiger partial charge on any atom is 0.164 e. The molecule has 0 aliphatic rings. The molecule has 0 rings (SSSR count). The minimum absolute atomic E-state index is 0.529. The molecule has 0 aromatic rings. The Morgan fingerprint density at radius 3 is 1.30 bits per heavy atom. The summed E-state index contributed by atoms with van der Waals surface area (Å²) in [5.74, 6) is 1.06. The molecular weight excluding hydrogens is 248 g/mol. The van der Waals surface area contributed by atoms with Crippen molar-refractivity contribution >= 4 is 0 Å². The van der Waals surface area contributed by atoms with E-state index in [2.05, 4.69) is 50.1 Å². The molecule has 0 aromatic carbocycles. The normalized spacial score (nSPS) is 17.7. The number of hydrogen-bond acceptors (Lipinski definition) is 4. The fraction of sp³-hybridized carbons (Fsp3) is 0.875. The van der Waals surface area contributed by atoms with Gasteiger partial charge in [-0.2, -0.15) is 20.8 Å². The number of hydrogen-bond donors (Lipinski definition) is 0. The van der Waals surface area contributed by atoms with Crippen LogP contribution < -0.4 is 0 Å². The van der Waals surface area contributed by atoms with Gasteiger partial charge in [0.2, 0.25) is 0 Å². The number of azo groups is 1. The predicted octanol–water partition coefficient (Wildman–Crippen LogP) is 4.88. The summed E-state index contributed by atoms with van der Waals surface area (Å²) in [6.07, 6.45) is 3.21. The number of nitriles is 2. The lowest BCUT2D eigenvalue weighted by molar-refractivity contribution is 0.399. The molecule has 0 aliphatic carbocycles. The first kappa shape index (κ1) is 18.6. The molecule has 20 heavy (non-hydrogen) atoms. The lowest BCUT2D eigenvalue weighted by Gasteiger charge is -2.20. The minimum atomic E-state index is -0.819. The maximum atomic E-state index is 9.30. The van der Waals surface area contributed by atoms with E-state index in [1.54, 1.807) is 13.8 Å². The lowest BCUT2D eigenvalue weighted by Crippen LogP contribution is -2.24. The molecule has 0 fully saturated rings. The molecule has 0 bridgehead atoms. The fourth-order valence-corrected chi connectivity index (χ4v) is 1.62. The van der Waals surface area contributed by atoms with Crippen molar-refractivity contribution in [3.63, 3.8) is 0 Å². The topological polar surface area (TPSA) is 72.3 Å². The molecule has 0 spiro atoms. The molecule has 0 aliphatic heterocycles. The number of rotatable bonds is 8. The first-order chi connectivity index (χ1) is 9.16. The Morgan fingerprint density at radius 1 is 0.800 bits per heavy atom. The average molecular weight is 276 g/mol. The van der Waals surface area contributed by atoms with Crippen molar-refractivity contribution in [2.24, 2.45) is 22.1 Å². The Balaban J connectivity index is 4.84. The maximum absolute atomic E-state index is 9.30. The second-order valence-corrected chi connectivity index (χ2v) is 6.84. The van der Waals surface area contributed by atoms with Crippen LogP contribution in [0.4, 0.5) is 0 Å². The molecule has 4 nitrogen and oxygen atoms in total. The molecule has 2 unspecified atom stereocenters. The second kappa shape index (κ2) is 8.00. The van der Waals surface area contributed by atoms with Gasteiger partial charge < -0.3 is 0 Å². The van der Waals surface area contributed by atoms with Gasteiger partial charge in [-0.25, -0.2) is 0 Å². The summed E-state index contributed by atoms with van der Waals surface area (Å²) in [4.78, 5) is 0. The highest BCUT2D eigenvalue weighted by atomic mass is 15.2. The van der Waals surface area contributed by atoms with Gasteiger partial charge in [0.05, 0.1) is 12.1 Å². The molecule has 2 atom stereocenters. The summed E-state index contributed by atoms with van der Waals surface area (Å²) >= 11 is 0. The van der Waals surface area contributed by atoms with Gasteiger partial charge >= 0.3 is 0 Å². The Bertz CT molecular complexity index is 362. The van der Waals surface area contributed by atoms with E-state index in [-0.39, 0.29) is 0 Å². The van der Waals surface area contributed by atoms with Crippen LogP contribution >= 0.6 is 0 Å². The molecular formula is C16H28N4. The fourth-order valence-electron chi connectivity index (χ4n) is 1.62. The third kappa shape index (κ3) is 7.24. The van der Waals surface area contributed by atoms with E-state index in [4.69, 9.17) is 0 Å². The van der Waals surface area contributed by atoms with Gasteiger partial charge in [0.25, 0.3) is 0 Å². The van der Waals surface area contributed by atoms with Crippen LogP contribution in [0.5, 0.6) is 0 Å². The molecule has 0 amide bonds. The van der Waals surface area contributed by atoms with E-state index in [1.165, 1.54) is 0 Å². The average Bonchev–Trinajstić information content (AvgIpc) is 2.41. The molecule has 0 aromatic heterocycles. The SMILES string of the molecule is CC(C)CCC(C)(C#N)N=NC(C)(C#N)CCC(C)C. The number of nitrogens with zero attached hydrogens (tertiary/aromatic N) is 4. The largest absolute Gasteiger partial charge is 0.196 e. The van der Waals surface area contributed by atoms with Gasteiger partial charge in [0, 0.05) is 0 Å². The van der Waals surface area contributed by atoms with Crippen LogP contribution in [-0.2, 0) is 0 Å². The predicted molar refractivity (Wildman–Crippen MR) is 81.0 cm³/mol. The standard InChI is InChI=1S/C16H28N4/c1-13(2)7-9-15(5,11-17)19-20-16(6,12-18)10-8-14(3)4/h13-14H,7-10H2,1-6H3. The van der Waals surface area contributed by atoms with Crippen molar-refractivity contribution in [3.05, 3.63) is 0 Å². The van der Waals surface area contributed by atoms with E-state index in [0.29, 0.717) is 24.7 Å². The molecule has 0 N–H and O–H groups in total. The first-order valence-electron chi connectivity index (χ1n) is 7.43. The van der Waals surface area contributed by atoms with Crippen LogP contribution in [0, 0.1) is 34.5 Å². The zero-order valence-electron chi connectivity index (χ0n) is 13.8. The van der Waals surface area contributed by atoms with Gasteiger partial charge in [0.15, 0.2) is 11.1 Å². The van der Waals surface area contributed by atoms with E-state index in [9.17, 15) is 10.5 Å².